The van der Waals surface area contributed by atoms with Crippen molar-refractivity contribution < 1.29 is 14.3 Å². The van der Waals surface area contributed by atoms with E-state index in [0.717, 1.165) is 18.4 Å². The molecule has 0 radical (unpaired) electrons. The first-order valence-corrected chi connectivity index (χ1v) is 6.57. The molecule has 0 aromatic rings. The molecule has 0 bridgehead atoms. The quantitative estimate of drug-likeness (QED) is 0.471. The fourth-order valence-electron chi connectivity index (χ4n) is 1.83. The van der Waals surface area contributed by atoms with Crippen molar-refractivity contribution in [2.75, 3.05) is 0 Å². The third kappa shape index (κ3) is 3.66. The van der Waals surface area contributed by atoms with E-state index >= 15 is 0 Å². The monoisotopic (exact) mass is 266 g/mol. The fourth-order valence-corrected chi connectivity index (χ4v) is 1.83. The molecule has 1 heterocycles. The molecule has 1 N–H and O–H groups in total. The topological polar surface area (TPSA) is 67.8 Å². The Bertz CT molecular complexity index is 448. The Morgan fingerprint density at radius 1 is 1.42 bits per heavy atom. The van der Waals surface area contributed by atoms with Crippen LogP contribution in [0, 0.1) is 0 Å². The summed E-state index contributed by atoms with van der Waals surface area (Å²) < 4.78 is 5.26. The molecular weight excluding hydrogens is 244 g/mol. The summed E-state index contributed by atoms with van der Waals surface area (Å²) >= 11 is 0. The molecule has 5 heteroatoms. The van der Waals surface area contributed by atoms with E-state index in [0.29, 0.717) is 17.7 Å². The summed E-state index contributed by atoms with van der Waals surface area (Å²) in [5.41, 5.74) is 3.65. The van der Waals surface area contributed by atoms with Gasteiger partial charge in [0.1, 0.15) is 5.60 Å². The molecule has 0 saturated carbocycles. The number of carbonyl (C=O) groups is 2. The molecule has 0 spiro atoms. The molecule has 0 unspecified atom stereocenters. The summed E-state index contributed by atoms with van der Waals surface area (Å²) in [6.07, 6.45) is 2.24. The summed E-state index contributed by atoms with van der Waals surface area (Å²) in [5, 5.41) is 3.98. The number of hydrogen-bond acceptors (Lipinski definition) is 4. The number of nitrogens with one attached hydrogen (secondary N) is 1. The average molecular weight is 266 g/mol. The van der Waals surface area contributed by atoms with Crippen molar-refractivity contribution >= 4 is 17.6 Å². The van der Waals surface area contributed by atoms with Gasteiger partial charge in [0, 0.05) is 6.42 Å². The lowest BCUT2D eigenvalue weighted by molar-refractivity contribution is -0.144. The molecule has 1 aliphatic rings. The number of rotatable bonds is 5. The fraction of sp³-hybridized carbons (Fsp3) is 0.643. The van der Waals surface area contributed by atoms with Crippen molar-refractivity contribution in [1.29, 1.82) is 0 Å². The van der Waals surface area contributed by atoms with Gasteiger partial charge in [-0.15, -0.1) is 0 Å². The molecule has 1 aliphatic heterocycles. The number of hydrogen-bond donors (Lipinski definition) is 1. The summed E-state index contributed by atoms with van der Waals surface area (Å²) in [5.74, 6) is -0.517. The van der Waals surface area contributed by atoms with Crippen LogP contribution in [-0.2, 0) is 14.3 Å². The van der Waals surface area contributed by atoms with E-state index in [-0.39, 0.29) is 11.9 Å². The minimum atomic E-state index is -0.602. The van der Waals surface area contributed by atoms with E-state index in [4.69, 9.17) is 4.74 Å². The maximum Gasteiger partial charge on any atom is 0.341 e. The maximum absolute atomic E-state index is 11.8. The van der Waals surface area contributed by atoms with Gasteiger partial charge in [0.25, 0.3) is 0 Å². The summed E-state index contributed by atoms with van der Waals surface area (Å²) in [6.45, 7) is 9.23. The highest BCUT2D eigenvalue weighted by Gasteiger charge is 2.38. The lowest BCUT2D eigenvalue weighted by atomic mass is 9.96. The van der Waals surface area contributed by atoms with Gasteiger partial charge in [-0.25, -0.2) is 10.2 Å². The molecule has 1 amide bonds. The zero-order chi connectivity index (χ0) is 14.6. The van der Waals surface area contributed by atoms with Crippen molar-refractivity contribution in [1.82, 2.24) is 5.43 Å². The molecule has 1 rings (SSSR count). The molecule has 0 aliphatic carbocycles. The van der Waals surface area contributed by atoms with Crippen molar-refractivity contribution in [3.05, 3.63) is 11.1 Å². The highest BCUT2D eigenvalue weighted by molar-refractivity contribution is 6.21. The highest BCUT2D eigenvalue weighted by atomic mass is 16.6. The summed E-state index contributed by atoms with van der Waals surface area (Å²) in [7, 11) is 0. The van der Waals surface area contributed by atoms with Crippen LogP contribution in [0.4, 0.5) is 0 Å². The molecule has 5 nitrogen and oxygen atoms in total. The Kier molecular flexibility index (Phi) is 4.86. The Morgan fingerprint density at radius 3 is 2.53 bits per heavy atom. The second-order valence-corrected chi connectivity index (χ2v) is 5.24. The normalized spacial score (nSPS) is 18.6. The van der Waals surface area contributed by atoms with Crippen LogP contribution in [-0.4, -0.2) is 23.2 Å². The van der Waals surface area contributed by atoms with Crippen molar-refractivity contribution in [2.45, 2.75) is 59.5 Å². The highest BCUT2D eigenvalue weighted by Crippen LogP contribution is 2.32. The first kappa shape index (κ1) is 15.4. The third-order valence-electron chi connectivity index (χ3n) is 3.30. The van der Waals surface area contributed by atoms with Crippen molar-refractivity contribution in [3.63, 3.8) is 0 Å². The smallest absolute Gasteiger partial charge is 0.341 e. The minimum absolute atomic E-state index is 0.134. The number of ether oxygens (including phenoxy) is 1. The largest absolute Gasteiger partial charge is 0.451 e. The number of unbranched alkanes of at least 4 members (excludes halogenated alkanes) is 1. The number of esters is 1. The van der Waals surface area contributed by atoms with Gasteiger partial charge in [0.05, 0.1) is 11.3 Å². The van der Waals surface area contributed by atoms with Crippen molar-refractivity contribution in [3.8, 4) is 0 Å². The van der Waals surface area contributed by atoms with E-state index < -0.39 is 5.60 Å². The second kappa shape index (κ2) is 5.99. The van der Waals surface area contributed by atoms with Crippen molar-refractivity contribution in [2.24, 2.45) is 5.10 Å². The van der Waals surface area contributed by atoms with Crippen LogP contribution in [0.2, 0.25) is 0 Å². The van der Waals surface area contributed by atoms with Gasteiger partial charge in [-0.3, -0.25) is 4.79 Å². The van der Waals surface area contributed by atoms with Gasteiger partial charge in [0.2, 0.25) is 5.91 Å². The summed E-state index contributed by atoms with van der Waals surface area (Å²) in [4.78, 5) is 23.2. The lowest BCUT2D eigenvalue weighted by Gasteiger charge is -2.18. The number of amides is 1. The minimum Gasteiger partial charge on any atom is -0.451 e. The molecule has 0 atom stereocenters. The molecule has 19 heavy (non-hydrogen) atoms. The molecule has 106 valence electrons. The molecule has 0 aromatic carbocycles. The van der Waals surface area contributed by atoms with E-state index in [2.05, 4.69) is 10.5 Å². The van der Waals surface area contributed by atoms with Gasteiger partial charge in [-0.2, -0.15) is 5.10 Å². The van der Waals surface area contributed by atoms with Crippen LogP contribution in [0.1, 0.15) is 53.9 Å². The lowest BCUT2D eigenvalue weighted by Crippen LogP contribution is -2.21. The van der Waals surface area contributed by atoms with Crippen LogP contribution in [0.15, 0.2) is 16.2 Å². The standard InChI is InChI=1S/C14H22N2O3/c1-6-7-8-11(17)16-15-10(3)12-9(2)14(4,5)19-13(12)18/h6-8H2,1-5H3,(H,16,17)/b15-10-. The predicted molar refractivity (Wildman–Crippen MR) is 73.6 cm³/mol. The van der Waals surface area contributed by atoms with Crippen LogP contribution < -0.4 is 5.43 Å². The van der Waals surface area contributed by atoms with Gasteiger partial charge < -0.3 is 4.74 Å². The Hall–Kier alpha value is -1.65. The Morgan fingerprint density at radius 2 is 2.05 bits per heavy atom. The number of hydrazone groups is 1. The number of cyclic esters (lactones) is 1. The van der Waals surface area contributed by atoms with Gasteiger partial charge in [0.15, 0.2) is 0 Å². The van der Waals surface area contributed by atoms with Gasteiger partial charge in [-0.05, 0) is 39.7 Å². The van der Waals surface area contributed by atoms with Crippen LogP contribution in [0.5, 0.6) is 0 Å². The van der Waals surface area contributed by atoms with Gasteiger partial charge >= 0.3 is 5.97 Å². The number of nitrogens with zero attached hydrogens (tertiary/aromatic N) is 1. The first-order chi connectivity index (χ1) is 8.79. The van der Waals surface area contributed by atoms with E-state index in [1.807, 2.05) is 27.7 Å². The molecular formula is C14H22N2O3. The van der Waals surface area contributed by atoms with Crippen LogP contribution in [0.25, 0.3) is 0 Å². The molecule has 0 fully saturated rings. The Labute approximate surface area is 114 Å². The zero-order valence-electron chi connectivity index (χ0n) is 12.3. The third-order valence-corrected chi connectivity index (χ3v) is 3.30. The first-order valence-electron chi connectivity index (χ1n) is 6.57. The molecule has 0 aromatic heterocycles. The average Bonchev–Trinajstić information content (AvgIpc) is 2.53. The summed E-state index contributed by atoms with van der Waals surface area (Å²) in [6, 6.07) is 0. The maximum atomic E-state index is 11.8. The van der Waals surface area contributed by atoms with Crippen LogP contribution in [0.3, 0.4) is 0 Å². The van der Waals surface area contributed by atoms with E-state index in [9.17, 15) is 9.59 Å². The van der Waals surface area contributed by atoms with E-state index in [1.54, 1.807) is 6.92 Å². The zero-order valence-corrected chi connectivity index (χ0v) is 12.3. The molecule has 0 saturated heterocycles. The predicted octanol–water partition coefficient (Wildman–Crippen LogP) is 2.32. The number of carbonyl (C=O) groups excluding carboxylic acids is 2. The Balaban J connectivity index is 2.77. The van der Waals surface area contributed by atoms with Gasteiger partial charge in [-0.1, -0.05) is 13.3 Å². The van der Waals surface area contributed by atoms with E-state index in [1.165, 1.54) is 0 Å². The second-order valence-electron chi connectivity index (χ2n) is 5.24. The SMILES string of the molecule is CCCCC(=O)N/N=C(/C)C1=C(C)C(C)(C)OC1=O. The van der Waals surface area contributed by atoms with Crippen LogP contribution >= 0.6 is 0 Å².